The SMILES string of the molecule is N#CC(c1ccccc1)(c1ccccc1)[C@@H]1CCN(CCc2ccc3c(c2)CCO3)C1. The topological polar surface area (TPSA) is 36.3 Å². The lowest BCUT2D eigenvalue weighted by atomic mass is 9.66. The molecule has 3 aromatic carbocycles. The van der Waals surface area contributed by atoms with Crippen LogP contribution in [0.15, 0.2) is 78.9 Å². The molecule has 3 heteroatoms. The molecule has 1 atom stereocenters. The number of nitrogens with zero attached hydrogens (tertiary/aromatic N) is 2. The van der Waals surface area contributed by atoms with Crippen molar-refractivity contribution in [2.45, 2.75) is 24.7 Å². The highest BCUT2D eigenvalue weighted by molar-refractivity contribution is 5.47. The zero-order valence-corrected chi connectivity index (χ0v) is 17.8. The summed E-state index contributed by atoms with van der Waals surface area (Å²) in [6, 6.07) is 30.1. The van der Waals surface area contributed by atoms with E-state index >= 15 is 0 Å². The Hall–Kier alpha value is -3.09. The van der Waals surface area contributed by atoms with Crippen LogP contribution in [-0.2, 0) is 18.3 Å². The standard InChI is InChI=1S/C28H28N2O/c29-21-28(24-7-3-1-4-8-24,25-9-5-2-6-10-25)26-14-17-30(20-26)16-13-22-11-12-27-23(19-22)15-18-31-27/h1-12,19,26H,13-18,20H2/t26-/m1/s1. The van der Waals surface area contributed by atoms with E-state index in [0.29, 0.717) is 0 Å². The Morgan fingerprint density at radius 1 is 0.968 bits per heavy atom. The fourth-order valence-corrected chi connectivity index (χ4v) is 5.33. The predicted octanol–water partition coefficient (Wildman–Crippen LogP) is 5.00. The molecular weight excluding hydrogens is 380 g/mol. The summed E-state index contributed by atoms with van der Waals surface area (Å²) in [5.74, 6) is 1.32. The second-order valence-corrected chi connectivity index (χ2v) is 8.73. The van der Waals surface area contributed by atoms with Crippen LogP contribution in [0.2, 0.25) is 0 Å². The third-order valence-electron chi connectivity index (χ3n) is 6.99. The number of benzene rings is 3. The van der Waals surface area contributed by atoms with Crippen molar-refractivity contribution in [3.63, 3.8) is 0 Å². The molecule has 0 N–H and O–H groups in total. The van der Waals surface area contributed by atoms with Gasteiger partial charge in [-0.3, -0.25) is 0 Å². The van der Waals surface area contributed by atoms with Gasteiger partial charge in [0.2, 0.25) is 0 Å². The molecule has 5 rings (SSSR count). The number of hydrogen-bond donors (Lipinski definition) is 0. The zero-order chi connectivity index (χ0) is 21.1. The molecule has 0 amide bonds. The first-order chi connectivity index (χ1) is 15.3. The van der Waals surface area contributed by atoms with E-state index < -0.39 is 5.41 Å². The molecule has 2 aliphatic heterocycles. The molecule has 0 bridgehead atoms. The zero-order valence-electron chi connectivity index (χ0n) is 17.8. The fraction of sp³-hybridized carbons (Fsp3) is 0.321. The van der Waals surface area contributed by atoms with Crippen molar-refractivity contribution in [3.05, 3.63) is 101 Å². The van der Waals surface area contributed by atoms with Crippen LogP contribution in [0.3, 0.4) is 0 Å². The first-order valence-electron chi connectivity index (χ1n) is 11.3. The van der Waals surface area contributed by atoms with Gasteiger partial charge in [-0.05, 0) is 53.6 Å². The molecule has 0 aliphatic carbocycles. The maximum Gasteiger partial charge on any atom is 0.122 e. The summed E-state index contributed by atoms with van der Waals surface area (Å²) >= 11 is 0. The monoisotopic (exact) mass is 408 g/mol. The summed E-state index contributed by atoms with van der Waals surface area (Å²) in [5, 5.41) is 10.5. The highest BCUT2D eigenvalue weighted by atomic mass is 16.5. The van der Waals surface area contributed by atoms with Crippen LogP contribution in [0.25, 0.3) is 0 Å². The van der Waals surface area contributed by atoms with Gasteiger partial charge in [0, 0.05) is 19.5 Å². The van der Waals surface area contributed by atoms with Gasteiger partial charge in [0.05, 0.1) is 12.7 Å². The number of fused-ring (bicyclic) bond motifs is 1. The van der Waals surface area contributed by atoms with E-state index in [2.05, 4.69) is 77.7 Å². The quantitative estimate of drug-likeness (QED) is 0.576. The Kier molecular flexibility index (Phi) is 5.49. The van der Waals surface area contributed by atoms with E-state index in [9.17, 15) is 5.26 Å². The third-order valence-corrected chi connectivity index (χ3v) is 6.99. The van der Waals surface area contributed by atoms with E-state index in [4.69, 9.17) is 4.74 Å². The summed E-state index contributed by atoms with van der Waals surface area (Å²) in [6.07, 6.45) is 3.10. The average Bonchev–Trinajstić information content (AvgIpc) is 3.50. The highest BCUT2D eigenvalue weighted by Gasteiger charge is 2.45. The molecule has 0 aromatic heterocycles. The maximum atomic E-state index is 10.5. The summed E-state index contributed by atoms with van der Waals surface area (Å²) in [4.78, 5) is 2.53. The van der Waals surface area contributed by atoms with Gasteiger partial charge >= 0.3 is 0 Å². The van der Waals surface area contributed by atoms with Gasteiger partial charge in [-0.15, -0.1) is 0 Å². The minimum atomic E-state index is -0.609. The van der Waals surface area contributed by atoms with Gasteiger partial charge in [-0.1, -0.05) is 72.8 Å². The molecule has 0 saturated carbocycles. The van der Waals surface area contributed by atoms with E-state index in [0.717, 1.165) is 62.4 Å². The van der Waals surface area contributed by atoms with Gasteiger partial charge in [0.1, 0.15) is 11.2 Å². The average molecular weight is 409 g/mol. The molecule has 0 spiro atoms. The summed E-state index contributed by atoms with van der Waals surface area (Å²) < 4.78 is 5.64. The molecule has 3 nitrogen and oxygen atoms in total. The van der Waals surface area contributed by atoms with Crippen molar-refractivity contribution >= 4 is 0 Å². The lowest BCUT2D eigenvalue weighted by molar-refractivity contribution is 0.308. The lowest BCUT2D eigenvalue weighted by Crippen LogP contribution is -2.37. The molecule has 0 radical (unpaired) electrons. The second-order valence-electron chi connectivity index (χ2n) is 8.73. The first-order valence-corrected chi connectivity index (χ1v) is 11.3. The largest absolute Gasteiger partial charge is 0.493 e. The van der Waals surface area contributed by atoms with Gasteiger partial charge in [0.25, 0.3) is 0 Å². The molecular formula is C28H28N2O. The van der Waals surface area contributed by atoms with E-state index in [1.807, 2.05) is 12.1 Å². The van der Waals surface area contributed by atoms with Crippen LogP contribution in [-0.4, -0.2) is 31.1 Å². The first kappa shape index (κ1) is 19.8. The number of hydrogen-bond acceptors (Lipinski definition) is 3. The summed E-state index contributed by atoms with van der Waals surface area (Å²) in [7, 11) is 0. The molecule has 31 heavy (non-hydrogen) atoms. The van der Waals surface area contributed by atoms with Crippen LogP contribution in [0, 0.1) is 17.2 Å². The number of ether oxygens (including phenoxy) is 1. The Balaban J connectivity index is 1.35. The Labute approximate surface area is 184 Å². The molecule has 1 fully saturated rings. The third kappa shape index (κ3) is 3.73. The summed E-state index contributed by atoms with van der Waals surface area (Å²) in [6.45, 7) is 3.83. The van der Waals surface area contributed by atoms with E-state index in [1.54, 1.807) is 0 Å². The van der Waals surface area contributed by atoms with E-state index in [-0.39, 0.29) is 5.92 Å². The number of rotatable bonds is 6. The Morgan fingerprint density at radius 3 is 2.35 bits per heavy atom. The Morgan fingerprint density at radius 2 is 1.68 bits per heavy atom. The number of likely N-dealkylation sites (tertiary alicyclic amines) is 1. The fourth-order valence-electron chi connectivity index (χ4n) is 5.33. The van der Waals surface area contributed by atoms with Gasteiger partial charge in [-0.2, -0.15) is 5.26 Å². The van der Waals surface area contributed by atoms with Crippen LogP contribution < -0.4 is 4.74 Å². The van der Waals surface area contributed by atoms with Crippen molar-refractivity contribution in [3.8, 4) is 11.8 Å². The van der Waals surface area contributed by atoms with Crippen LogP contribution in [0.5, 0.6) is 5.75 Å². The van der Waals surface area contributed by atoms with Gasteiger partial charge in [-0.25, -0.2) is 0 Å². The van der Waals surface area contributed by atoms with Gasteiger partial charge in [0.15, 0.2) is 0 Å². The predicted molar refractivity (Wildman–Crippen MR) is 123 cm³/mol. The van der Waals surface area contributed by atoms with Crippen molar-refractivity contribution in [1.29, 1.82) is 5.26 Å². The highest BCUT2D eigenvalue weighted by Crippen LogP contribution is 2.43. The van der Waals surface area contributed by atoms with E-state index in [1.165, 1.54) is 11.1 Å². The molecule has 1 saturated heterocycles. The van der Waals surface area contributed by atoms with Crippen molar-refractivity contribution < 1.29 is 4.74 Å². The maximum absolute atomic E-state index is 10.5. The molecule has 156 valence electrons. The molecule has 3 aromatic rings. The minimum Gasteiger partial charge on any atom is -0.493 e. The summed E-state index contributed by atoms with van der Waals surface area (Å²) in [5.41, 5.74) is 4.32. The van der Waals surface area contributed by atoms with Crippen molar-refractivity contribution in [1.82, 2.24) is 4.90 Å². The molecule has 0 unspecified atom stereocenters. The molecule has 2 aliphatic rings. The molecule has 2 heterocycles. The van der Waals surface area contributed by atoms with Crippen molar-refractivity contribution in [2.24, 2.45) is 5.92 Å². The van der Waals surface area contributed by atoms with Crippen molar-refractivity contribution in [2.75, 3.05) is 26.2 Å². The van der Waals surface area contributed by atoms with Crippen LogP contribution >= 0.6 is 0 Å². The van der Waals surface area contributed by atoms with Crippen LogP contribution in [0.4, 0.5) is 0 Å². The van der Waals surface area contributed by atoms with Crippen LogP contribution in [0.1, 0.15) is 28.7 Å². The minimum absolute atomic E-state index is 0.274. The number of nitriles is 1. The second kappa shape index (κ2) is 8.57. The normalized spacial score (nSPS) is 18.4. The van der Waals surface area contributed by atoms with Gasteiger partial charge < -0.3 is 9.64 Å². The smallest absolute Gasteiger partial charge is 0.122 e. The Bertz CT molecular complexity index is 1030. The lowest BCUT2D eigenvalue weighted by Gasteiger charge is -2.34.